The molecule has 28 heavy (non-hydrogen) atoms. The molecule has 1 heterocycles. The molecule has 3 atom stereocenters. The zero-order chi connectivity index (χ0) is 19.8. The molecule has 0 amide bonds. The van der Waals surface area contributed by atoms with Crippen molar-refractivity contribution in [1.29, 1.82) is 0 Å². The number of pyridine rings is 1. The summed E-state index contributed by atoms with van der Waals surface area (Å²) in [5.41, 5.74) is 7.23. The maximum Gasteiger partial charge on any atom is 0.128 e. The van der Waals surface area contributed by atoms with Gasteiger partial charge in [0.15, 0.2) is 0 Å². The van der Waals surface area contributed by atoms with Gasteiger partial charge in [-0.1, -0.05) is 49.4 Å². The van der Waals surface area contributed by atoms with Gasteiger partial charge in [0.25, 0.3) is 0 Å². The van der Waals surface area contributed by atoms with Crippen LogP contribution in [-0.2, 0) is 0 Å². The van der Waals surface area contributed by atoms with Crippen molar-refractivity contribution in [3.05, 3.63) is 88.2 Å². The summed E-state index contributed by atoms with van der Waals surface area (Å²) in [6, 6.07) is 17.3. The number of fused-ring (bicyclic) bond motifs is 1. The normalized spacial score (nSPS) is 20.7. The Morgan fingerprint density at radius 2 is 1.61 bits per heavy atom. The van der Waals surface area contributed by atoms with E-state index in [2.05, 4.69) is 69.3 Å². The van der Waals surface area contributed by atoms with Gasteiger partial charge in [-0.3, -0.25) is 4.98 Å². The number of hydrogen-bond acceptors (Lipinski definition) is 3. The van der Waals surface area contributed by atoms with Gasteiger partial charge < -0.3 is 9.47 Å². The van der Waals surface area contributed by atoms with Crippen molar-refractivity contribution in [2.45, 2.75) is 38.5 Å². The number of methoxy groups -OCH3 is 2. The van der Waals surface area contributed by atoms with E-state index in [-0.39, 0.29) is 5.92 Å². The van der Waals surface area contributed by atoms with Gasteiger partial charge >= 0.3 is 0 Å². The third-order valence-electron chi connectivity index (χ3n) is 6.09. The van der Waals surface area contributed by atoms with Crippen LogP contribution in [0.4, 0.5) is 0 Å². The molecule has 3 aromatic rings. The molecule has 3 unspecified atom stereocenters. The van der Waals surface area contributed by atoms with Crippen LogP contribution >= 0.6 is 0 Å². The lowest BCUT2D eigenvalue weighted by Gasteiger charge is -2.24. The van der Waals surface area contributed by atoms with E-state index in [9.17, 15) is 0 Å². The molecule has 0 saturated heterocycles. The number of aryl methyl sites for hydroxylation is 2. The number of aromatic nitrogens is 1. The van der Waals surface area contributed by atoms with Crippen LogP contribution in [0.15, 0.2) is 54.7 Å². The highest BCUT2D eigenvalue weighted by Crippen LogP contribution is 2.56. The predicted molar refractivity (Wildman–Crippen MR) is 113 cm³/mol. The van der Waals surface area contributed by atoms with Gasteiger partial charge in [-0.25, -0.2) is 0 Å². The third-order valence-corrected chi connectivity index (χ3v) is 6.09. The first-order chi connectivity index (χ1) is 13.6. The minimum atomic E-state index is 0.187. The number of ether oxygens (including phenoxy) is 2. The minimum absolute atomic E-state index is 0.187. The summed E-state index contributed by atoms with van der Waals surface area (Å²) in [7, 11) is 3.48. The Balaban J connectivity index is 1.94. The van der Waals surface area contributed by atoms with Crippen molar-refractivity contribution < 1.29 is 9.47 Å². The van der Waals surface area contributed by atoms with E-state index in [1.807, 2.05) is 6.20 Å². The van der Waals surface area contributed by atoms with Gasteiger partial charge in [0.2, 0.25) is 0 Å². The molecule has 3 nitrogen and oxygen atoms in total. The average Bonchev–Trinajstić information content (AvgIpc) is 3.01. The molecule has 0 saturated carbocycles. The molecule has 1 aromatic heterocycles. The first kappa shape index (κ1) is 18.5. The van der Waals surface area contributed by atoms with Crippen molar-refractivity contribution in [1.82, 2.24) is 4.98 Å². The van der Waals surface area contributed by atoms with Crippen LogP contribution in [0.2, 0.25) is 0 Å². The second-order valence-electron chi connectivity index (χ2n) is 7.71. The number of nitrogens with zero attached hydrogens (tertiary/aromatic N) is 1. The first-order valence-electron chi connectivity index (χ1n) is 9.79. The molecule has 1 aliphatic carbocycles. The maximum absolute atomic E-state index is 5.83. The van der Waals surface area contributed by atoms with E-state index in [1.54, 1.807) is 14.2 Å². The molecule has 0 fully saturated rings. The molecule has 0 N–H and O–H groups in total. The van der Waals surface area contributed by atoms with Crippen LogP contribution in [0, 0.1) is 13.8 Å². The van der Waals surface area contributed by atoms with Crippen LogP contribution < -0.4 is 9.47 Å². The Morgan fingerprint density at radius 1 is 0.857 bits per heavy atom. The monoisotopic (exact) mass is 373 g/mol. The summed E-state index contributed by atoms with van der Waals surface area (Å²) in [4.78, 5) is 4.91. The standard InChI is InChI=1S/C25H27NO2/c1-15-13-19(11-12-20(15)27-4)23-21(18-9-7-6-8-10-18)17(3)22-24(23)26-14-16(2)25(22)28-5/h6-14,17,21,23H,1-5H3. The molecule has 0 spiro atoms. The topological polar surface area (TPSA) is 31.4 Å². The molecular weight excluding hydrogens is 346 g/mol. The molecule has 4 rings (SSSR count). The average molecular weight is 373 g/mol. The van der Waals surface area contributed by atoms with Crippen molar-refractivity contribution in [2.75, 3.05) is 14.2 Å². The SMILES string of the molecule is COc1ccc(C2c3ncc(C)c(OC)c3C(C)C2c2ccccc2)cc1C. The molecule has 0 radical (unpaired) electrons. The fourth-order valence-electron chi connectivity index (χ4n) is 4.84. The van der Waals surface area contributed by atoms with Crippen molar-refractivity contribution >= 4 is 0 Å². The molecule has 0 aliphatic heterocycles. The summed E-state index contributed by atoms with van der Waals surface area (Å²) in [5, 5.41) is 0. The molecule has 1 aliphatic rings. The third kappa shape index (κ3) is 2.86. The Hall–Kier alpha value is -2.81. The van der Waals surface area contributed by atoms with Crippen LogP contribution in [0.3, 0.4) is 0 Å². The Kier molecular flexibility index (Phi) is 4.84. The van der Waals surface area contributed by atoms with Crippen LogP contribution in [0.5, 0.6) is 11.5 Å². The Labute approximate surface area is 167 Å². The van der Waals surface area contributed by atoms with E-state index >= 15 is 0 Å². The maximum atomic E-state index is 5.83. The largest absolute Gasteiger partial charge is 0.496 e. The van der Waals surface area contributed by atoms with E-state index in [0.717, 1.165) is 28.3 Å². The number of benzene rings is 2. The summed E-state index contributed by atoms with van der Waals surface area (Å²) in [6.45, 7) is 6.47. The lowest BCUT2D eigenvalue weighted by molar-refractivity contribution is 0.402. The molecular formula is C25H27NO2. The second-order valence-corrected chi connectivity index (χ2v) is 7.71. The smallest absolute Gasteiger partial charge is 0.128 e. The lowest BCUT2D eigenvalue weighted by atomic mass is 9.79. The van der Waals surface area contributed by atoms with Crippen molar-refractivity contribution in [3.63, 3.8) is 0 Å². The fraction of sp³-hybridized carbons (Fsp3) is 0.320. The van der Waals surface area contributed by atoms with Gasteiger partial charge in [-0.05, 0) is 42.5 Å². The zero-order valence-electron chi connectivity index (χ0n) is 17.2. The zero-order valence-corrected chi connectivity index (χ0v) is 17.2. The summed E-state index contributed by atoms with van der Waals surface area (Å²) in [6.07, 6.45) is 1.95. The predicted octanol–water partition coefficient (Wildman–Crippen LogP) is 5.75. The second kappa shape index (κ2) is 7.31. The summed E-state index contributed by atoms with van der Waals surface area (Å²) >= 11 is 0. The number of rotatable bonds is 4. The molecule has 2 aromatic carbocycles. The van der Waals surface area contributed by atoms with Crippen molar-refractivity contribution in [2.24, 2.45) is 0 Å². The van der Waals surface area contributed by atoms with Gasteiger partial charge in [-0.2, -0.15) is 0 Å². The fourth-order valence-corrected chi connectivity index (χ4v) is 4.84. The minimum Gasteiger partial charge on any atom is -0.496 e. The van der Waals surface area contributed by atoms with E-state index in [0.29, 0.717) is 11.8 Å². The van der Waals surface area contributed by atoms with Crippen LogP contribution in [0.25, 0.3) is 0 Å². The molecule has 0 bridgehead atoms. The number of hydrogen-bond donors (Lipinski definition) is 0. The molecule has 144 valence electrons. The van der Waals surface area contributed by atoms with Gasteiger partial charge in [0.05, 0.1) is 19.9 Å². The highest BCUT2D eigenvalue weighted by Gasteiger charge is 2.43. The van der Waals surface area contributed by atoms with Gasteiger partial charge in [0, 0.05) is 29.2 Å². The quantitative estimate of drug-likeness (QED) is 0.584. The van der Waals surface area contributed by atoms with Crippen LogP contribution in [-0.4, -0.2) is 19.2 Å². The van der Waals surface area contributed by atoms with Crippen molar-refractivity contribution in [3.8, 4) is 11.5 Å². The lowest BCUT2D eigenvalue weighted by Crippen LogP contribution is -2.11. The van der Waals surface area contributed by atoms with Crippen LogP contribution in [0.1, 0.15) is 58.2 Å². The Morgan fingerprint density at radius 3 is 2.25 bits per heavy atom. The molecule has 3 heteroatoms. The summed E-state index contributed by atoms with van der Waals surface area (Å²) < 4.78 is 11.3. The highest BCUT2D eigenvalue weighted by atomic mass is 16.5. The van der Waals surface area contributed by atoms with E-state index in [1.165, 1.54) is 16.7 Å². The first-order valence-corrected chi connectivity index (χ1v) is 9.79. The summed E-state index contributed by atoms with van der Waals surface area (Å²) in [5.74, 6) is 2.71. The Bertz CT molecular complexity index is 997. The van der Waals surface area contributed by atoms with E-state index in [4.69, 9.17) is 14.5 Å². The van der Waals surface area contributed by atoms with Gasteiger partial charge in [0.1, 0.15) is 11.5 Å². The van der Waals surface area contributed by atoms with E-state index < -0.39 is 0 Å². The highest BCUT2D eigenvalue weighted by molar-refractivity contribution is 5.56. The van der Waals surface area contributed by atoms with Gasteiger partial charge in [-0.15, -0.1) is 0 Å².